The van der Waals surface area contributed by atoms with E-state index in [9.17, 15) is 9.18 Å². The molecule has 4 heteroatoms. The van der Waals surface area contributed by atoms with E-state index in [-0.39, 0.29) is 18.2 Å². The quantitative estimate of drug-likeness (QED) is 0.907. The van der Waals surface area contributed by atoms with Gasteiger partial charge in [0, 0.05) is 4.47 Å². The number of carbonyl (C=O) groups is 1. The molecule has 0 aliphatic heterocycles. The van der Waals surface area contributed by atoms with Crippen molar-refractivity contribution < 1.29 is 14.3 Å². The van der Waals surface area contributed by atoms with Gasteiger partial charge in [-0.1, -0.05) is 22.9 Å². The standard InChI is InChI=1S/C10H10BrFO2/c1-6(4-10(13)14)8-5-7(12)2-3-9(8)11/h2-3,5-6H,4H2,1H3,(H,13,14). The highest BCUT2D eigenvalue weighted by molar-refractivity contribution is 9.10. The van der Waals surface area contributed by atoms with Gasteiger partial charge in [-0.25, -0.2) is 4.39 Å². The molecule has 0 aromatic heterocycles. The molecule has 0 fully saturated rings. The van der Waals surface area contributed by atoms with Crippen LogP contribution in [0.15, 0.2) is 22.7 Å². The summed E-state index contributed by atoms with van der Waals surface area (Å²) in [6, 6.07) is 4.28. The van der Waals surface area contributed by atoms with Crippen molar-refractivity contribution in [3.05, 3.63) is 34.1 Å². The molecule has 0 heterocycles. The summed E-state index contributed by atoms with van der Waals surface area (Å²) in [5, 5.41) is 8.60. The Hall–Kier alpha value is -0.900. The van der Waals surface area contributed by atoms with Gasteiger partial charge in [0.1, 0.15) is 5.82 Å². The van der Waals surface area contributed by atoms with Gasteiger partial charge >= 0.3 is 5.97 Å². The lowest BCUT2D eigenvalue weighted by Crippen LogP contribution is -2.03. The minimum Gasteiger partial charge on any atom is -0.481 e. The molecule has 0 aliphatic rings. The number of aliphatic carboxylic acids is 1. The maximum atomic E-state index is 12.9. The fourth-order valence-electron chi connectivity index (χ4n) is 1.26. The number of carboxylic acids is 1. The number of hydrogen-bond donors (Lipinski definition) is 1. The smallest absolute Gasteiger partial charge is 0.303 e. The van der Waals surface area contributed by atoms with Crippen LogP contribution in [-0.4, -0.2) is 11.1 Å². The van der Waals surface area contributed by atoms with Crippen LogP contribution in [-0.2, 0) is 4.79 Å². The van der Waals surface area contributed by atoms with Crippen molar-refractivity contribution in [2.24, 2.45) is 0 Å². The molecule has 0 bridgehead atoms. The summed E-state index contributed by atoms with van der Waals surface area (Å²) in [6.07, 6.45) is 0.00204. The van der Waals surface area contributed by atoms with Gasteiger partial charge in [-0.2, -0.15) is 0 Å². The van der Waals surface area contributed by atoms with Crippen molar-refractivity contribution in [3.63, 3.8) is 0 Å². The third-order valence-electron chi connectivity index (χ3n) is 1.97. The van der Waals surface area contributed by atoms with E-state index in [1.807, 2.05) is 0 Å². The summed E-state index contributed by atoms with van der Waals surface area (Å²) in [5.41, 5.74) is 0.687. The highest BCUT2D eigenvalue weighted by Crippen LogP contribution is 2.27. The first kappa shape index (κ1) is 11.2. The first-order chi connectivity index (χ1) is 6.50. The SMILES string of the molecule is CC(CC(=O)O)c1cc(F)ccc1Br. The Morgan fingerprint density at radius 3 is 2.86 bits per heavy atom. The van der Waals surface area contributed by atoms with Crippen LogP contribution < -0.4 is 0 Å². The van der Waals surface area contributed by atoms with E-state index in [0.29, 0.717) is 5.56 Å². The van der Waals surface area contributed by atoms with Crippen LogP contribution in [0.2, 0.25) is 0 Å². The van der Waals surface area contributed by atoms with Crippen molar-refractivity contribution in [2.45, 2.75) is 19.3 Å². The summed E-state index contributed by atoms with van der Waals surface area (Å²) in [4.78, 5) is 10.5. The predicted molar refractivity (Wildman–Crippen MR) is 54.8 cm³/mol. The molecule has 1 N–H and O–H groups in total. The molecule has 0 amide bonds. The van der Waals surface area contributed by atoms with Gasteiger partial charge in [-0.3, -0.25) is 4.79 Å². The Morgan fingerprint density at radius 1 is 1.64 bits per heavy atom. The topological polar surface area (TPSA) is 37.3 Å². The van der Waals surface area contributed by atoms with E-state index in [0.717, 1.165) is 4.47 Å². The fourth-order valence-corrected chi connectivity index (χ4v) is 1.90. The van der Waals surface area contributed by atoms with Crippen LogP contribution in [0.4, 0.5) is 4.39 Å². The summed E-state index contributed by atoms with van der Waals surface area (Å²) < 4.78 is 13.6. The number of carboxylic acid groups (broad SMARTS) is 1. The molecule has 0 spiro atoms. The number of halogens is 2. The van der Waals surface area contributed by atoms with Gasteiger partial charge in [-0.05, 0) is 29.7 Å². The fraction of sp³-hybridized carbons (Fsp3) is 0.300. The Bertz CT molecular complexity index is 352. The Labute approximate surface area is 89.9 Å². The summed E-state index contributed by atoms with van der Waals surface area (Å²) in [7, 11) is 0. The molecule has 1 aromatic rings. The molecule has 14 heavy (non-hydrogen) atoms. The predicted octanol–water partition coefficient (Wildman–Crippen LogP) is 3.17. The average Bonchev–Trinajstić information content (AvgIpc) is 2.08. The van der Waals surface area contributed by atoms with Crippen LogP contribution in [0.5, 0.6) is 0 Å². The second kappa shape index (κ2) is 4.55. The maximum Gasteiger partial charge on any atom is 0.303 e. The van der Waals surface area contributed by atoms with Crippen LogP contribution in [0.1, 0.15) is 24.8 Å². The zero-order valence-corrected chi connectivity index (χ0v) is 9.21. The third kappa shape index (κ3) is 2.80. The molecule has 0 saturated carbocycles. The van der Waals surface area contributed by atoms with Crippen molar-refractivity contribution in [1.82, 2.24) is 0 Å². The Morgan fingerprint density at radius 2 is 2.29 bits per heavy atom. The second-order valence-corrected chi connectivity index (χ2v) is 4.02. The van der Waals surface area contributed by atoms with Crippen molar-refractivity contribution in [1.29, 1.82) is 0 Å². The summed E-state index contributed by atoms with van der Waals surface area (Å²) >= 11 is 3.26. The third-order valence-corrected chi connectivity index (χ3v) is 2.69. The normalized spacial score (nSPS) is 12.5. The minimum atomic E-state index is -0.881. The molecule has 0 aliphatic carbocycles. The van der Waals surface area contributed by atoms with E-state index in [1.54, 1.807) is 13.0 Å². The molecular formula is C10H10BrFO2. The van der Waals surface area contributed by atoms with E-state index in [1.165, 1.54) is 12.1 Å². The van der Waals surface area contributed by atoms with E-state index < -0.39 is 5.97 Å². The molecule has 1 unspecified atom stereocenters. The maximum absolute atomic E-state index is 12.9. The van der Waals surface area contributed by atoms with Gasteiger partial charge in [-0.15, -0.1) is 0 Å². The molecule has 1 atom stereocenters. The number of benzene rings is 1. The van der Waals surface area contributed by atoms with E-state index >= 15 is 0 Å². The molecule has 76 valence electrons. The van der Waals surface area contributed by atoms with Gasteiger partial charge < -0.3 is 5.11 Å². The molecule has 0 saturated heterocycles. The first-order valence-corrected chi connectivity index (χ1v) is 4.96. The van der Waals surface area contributed by atoms with Crippen molar-refractivity contribution in [2.75, 3.05) is 0 Å². The second-order valence-electron chi connectivity index (χ2n) is 3.16. The Kier molecular flexibility index (Phi) is 3.63. The highest BCUT2D eigenvalue weighted by Gasteiger charge is 2.13. The van der Waals surface area contributed by atoms with Gasteiger partial charge in [0.05, 0.1) is 6.42 Å². The number of hydrogen-bond acceptors (Lipinski definition) is 1. The molecule has 1 rings (SSSR count). The highest BCUT2D eigenvalue weighted by atomic mass is 79.9. The monoisotopic (exact) mass is 260 g/mol. The van der Waals surface area contributed by atoms with Gasteiger partial charge in [0.15, 0.2) is 0 Å². The van der Waals surface area contributed by atoms with Crippen LogP contribution in [0.25, 0.3) is 0 Å². The zero-order chi connectivity index (χ0) is 10.7. The van der Waals surface area contributed by atoms with Crippen molar-refractivity contribution >= 4 is 21.9 Å². The average molecular weight is 261 g/mol. The van der Waals surface area contributed by atoms with Crippen LogP contribution in [0.3, 0.4) is 0 Å². The Balaban J connectivity index is 2.93. The summed E-state index contributed by atoms with van der Waals surface area (Å²) in [5.74, 6) is -1.42. The molecule has 0 radical (unpaired) electrons. The van der Waals surface area contributed by atoms with E-state index in [2.05, 4.69) is 15.9 Å². The summed E-state index contributed by atoms with van der Waals surface area (Å²) in [6.45, 7) is 1.76. The van der Waals surface area contributed by atoms with Gasteiger partial charge in [0.2, 0.25) is 0 Å². The lowest BCUT2D eigenvalue weighted by Gasteiger charge is -2.11. The lowest BCUT2D eigenvalue weighted by molar-refractivity contribution is -0.137. The molecular weight excluding hydrogens is 251 g/mol. The first-order valence-electron chi connectivity index (χ1n) is 4.17. The van der Waals surface area contributed by atoms with Crippen LogP contribution >= 0.6 is 15.9 Å². The van der Waals surface area contributed by atoms with Crippen LogP contribution in [0, 0.1) is 5.82 Å². The zero-order valence-electron chi connectivity index (χ0n) is 7.63. The number of rotatable bonds is 3. The van der Waals surface area contributed by atoms with Crippen molar-refractivity contribution in [3.8, 4) is 0 Å². The van der Waals surface area contributed by atoms with E-state index in [4.69, 9.17) is 5.11 Å². The lowest BCUT2D eigenvalue weighted by atomic mass is 9.98. The minimum absolute atomic E-state index is 0.00204. The largest absolute Gasteiger partial charge is 0.481 e. The van der Waals surface area contributed by atoms with Gasteiger partial charge in [0.25, 0.3) is 0 Å². The molecule has 2 nitrogen and oxygen atoms in total. The molecule has 1 aromatic carbocycles.